The van der Waals surface area contributed by atoms with Gasteiger partial charge in [-0.25, -0.2) is 0 Å². The zero-order valence-electron chi connectivity index (χ0n) is 15.7. The van der Waals surface area contributed by atoms with Crippen LogP contribution in [0.15, 0.2) is 24.3 Å². The van der Waals surface area contributed by atoms with Crippen molar-refractivity contribution >= 4 is 23.0 Å². The summed E-state index contributed by atoms with van der Waals surface area (Å²) in [7, 11) is 0. The lowest BCUT2D eigenvalue weighted by atomic mass is 9.85. The van der Waals surface area contributed by atoms with Crippen molar-refractivity contribution in [1.29, 1.82) is 0 Å². The molecule has 0 amide bonds. The molecule has 2 N–H and O–H groups in total. The van der Waals surface area contributed by atoms with E-state index in [4.69, 9.17) is 12.2 Å². The van der Waals surface area contributed by atoms with Crippen LogP contribution in [0.4, 0.5) is 18.9 Å². The van der Waals surface area contributed by atoms with Crippen LogP contribution in [0, 0.1) is 11.8 Å². The van der Waals surface area contributed by atoms with Crippen LogP contribution < -0.4 is 10.6 Å². The molecule has 0 radical (unpaired) electrons. The van der Waals surface area contributed by atoms with Crippen LogP contribution in [-0.4, -0.2) is 35.7 Å². The van der Waals surface area contributed by atoms with Gasteiger partial charge in [0, 0.05) is 24.8 Å². The topological polar surface area (TPSA) is 27.3 Å². The molecule has 3 nitrogen and oxygen atoms in total. The van der Waals surface area contributed by atoms with Crippen molar-refractivity contribution in [3.63, 3.8) is 0 Å². The standard InChI is InChI=1S/C20H28F3N3S/c1-14-5-2-3-8-18(14)26-10-9-15(13-26)12-24-19(27)25-17-7-4-6-16(11-17)20(21,22)23/h4,6-7,11,14-15,18H,2-3,5,8-10,12-13H2,1H3,(H2,24,25,27)/t14-,15-,18-/m1/s1. The van der Waals surface area contributed by atoms with E-state index < -0.39 is 11.7 Å². The number of anilines is 1. The van der Waals surface area contributed by atoms with E-state index in [2.05, 4.69) is 22.5 Å². The quantitative estimate of drug-likeness (QED) is 0.705. The van der Waals surface area contributed by atoms with Gasteiger partial charge in [0.25, 0.3) is 0 Å². The average molecular weight is 400 g/mol. The van der Waals surface area contributed by atoms with Crippen molar-refractivity contribution < 1.29 is 13.2 Å². The van der Waals surface area contributed by atoms with E-state index in [1.807, 2.05) is 0 Å². The monoisotopic (exact) mass is 399 g/mol. The molecule has 2 fully saturated rings. The molecule has 7 heteroatoms. The van der Waals surface area contributed by atoms with E-state index in [9.17, 15) is 13.2 Å². The molecule has 1 aromatic rings. The van der Waals surface area contributed by atoms with Crippen LogP contribution in [0.2, 0.25) is 0 Å². The molecular weight excluding hydrogens is 371 g/mol. The van der Waals surface area contributed by atoms with Gasteiger partial charge >= 0.3 is 6.18 Å². The molecule has 1 aliphatic carbocycles. The molecule has 0 spiro atoms. The summed E-state index contributed by atoms with van der Waals surface area (Å²) in [6.45, 7) is 5.33. The molecule has 3 rings (SSSR count). The van der Waals surface area contributed by atoms with Crippen molar-refractivity contribution in [2.24, 2.45) is 11.8 Å². The normalized spacial score (nSPS) is 26.7. The number of rotatable bonds is 4. The van der Waals surface area contributed by atoms with Gasteiger partial charge in [-0.3, -0.25) is 4.90 Å². The van der Waals surface area contributed by atoms with Crippen LogP contribution in [0.25, 0.3) is 0 Å². The highest BCUT2D eigenvalue weighted by Gasteiger charge is 2.32. The molecule has 0 unspecified atom stereocenters. The molecule has 0 aromatic heterocycles. The van der Waals surface area contributed by atoms with Gasteiger partial charge in [0.2, 0.25) is 0 Å². The minimum Gasteiger partial charge on any atom is -0.362 e. The molecule has 3 atom stereocenters. The molecule has 1 aliphatic heterocycles. The lowest BCUT2D eigenvalue weighted by Crippen LogP contribution is -2.41. The highest BCUT2D eigenvalue weighted by molar-refractivity contribution is 7.80. The Balaban J connectivity index is 1.45. The SMILES string of the molecule is C[C@@H]1CCCC[C@H]1N1CC[C@H](CNC(=S)Nc2cccc(C(F)(F)F)c2)C1. The van der Waals surface area contributed by atoms with Crippen molar-refractivity contribution in [3.8, 4) is 0 Å². The van der Waals surface area contributed by atoms with Gasteiger partial charge in [0.1, 0.15) is 0 Å². The molecule has 2 aliphatic rings. The molecule has 1 heterocycles. The molecule has 0 bridgehead atoms. The summed E-state index contributed by atoms with van der Waals surface area (Å²) in [4.78, 5) is 2.62. The van der Waals surface area contributed by atoms with Gasteiger partial charge < -0.3 is 10.6 Å². The van der Waals surface area contributed by atoms with E-state index in [-0.39, 0.29) is 0 Å². The summed E-state index contributed by atoms with van der Waals surface area (Å²) < 4.78 is 38.4. The highest BCUT2D eigenvalue weighted by Crippen LogP contribution is 2.32. The van der Waals surface area contributed by atoms with Crippen molar-refractivity contribution in [2.75, 3.05) is 25.0 Å². The van der Waals surface area contributed by atoms with E-state index in [1.54, 1.807) is 6.07 Å². The third kappa shape index (κ3) is 5.57. The number of halogens is 3. The number of alkyl halides is 3. The minimum absolute atomic E-state index is 0.353. The van der Waals surface area contributed by atoms with Gasteiger partial charge in [-0.05, 0) is 68.1 Å². The molecule has 1 aromatic carbocycles. The Morgan fingerprint density at radius 2 is 2.00 bits per heavy atom. The van der Waals surface area contributed by atoms with Crippen LogP contribution in [0.1, 0.15) is 44.6 Å². The third-order valence-electron chi connectivity index (χ3n) is 5.85. The number of likely N-dealkylation sites (tertiary alicyclic amines) is 1. The van der Waals surface area contributed by atoms with E-state index >= 15 is 0 Å². The zero-order valence-corrected chi connectivity index (χ0v) is 16.5. The molecule has 1 saturated carbocycles. The predicted octanol–water partition coefficient (Wildman–Crippen LogP) is 4.89. The van der Waals surface area contributed by atoms with Crippen LogP contribution in [0.5, 0.6) is 0 Å². The second-order valence-corrected chi connectivity index (χ2v) is 8.30. The van der Waals surface area contributed by atoms with Crippen LogP contribution >= 0.6 is 12.2 Å². The lowest BCUT2D eigenvalue weighted by Gasteiger charge is -2.36. The number of benzene rings is 1. The number of hydrogen-bond acceptors (Lipinski definition) is 2. The Morgan fingerprint density at radius 1 is 1.22 bits per heavy atom. The van der Waals surface area contributed by atoms with Gasteiger partial charge in [0.05, 0.1) is 5.56 Å². The third-order valence-corrected chi connectivity index (χ3v) is 6.10. The van der Waals surface area contributed by atoms with Gasteiger partial charge in [-0.2, -0.15) is 13.2 Å². The van der Waals surface area contributed by atoms with Gasteiger partial charge in [-0.1, -0.05) is 25.8 Å². The summed E-state index contributed by atoms with van der Waals surface area (Å²) >= 11 is 5.26. The van der Waals surface area contributed by atoms with Crippen LogP contribution in [-0.2, 0) is 6.18 Å². The van der Waals surface area contributed by atoms with Crippen molar-refractivity contribution in [2.45, 2.75) is 51.2 Å². The summed E-state index contributed by atoms with van der Waals surface area (Å²) in [6, 6.07) is 5.81. The number of thiocarbonyl (C=S) groups is 1. The summed E-state index contributed by atoms with van der Waals surface area (Å²) in [6.07, 6.45) is 2.11. The maximum absolute atomic E-state index is 12.8. The number of hydrogen-bond donors (Lipinski definition) is 2. The van der Waals surface area contributed by atoms with E-state index in [1.165, 1.54) is 31.7 Å². The minimum atomic E-state index is -4.35. The Bertz CT molecular complexity index is 650. The predicted molar refractivity (Wildman–Crippen MR) is 107 cm³/mol. The van der Waals surface area contributed by atoms with E-state index in [0.717, 1.165) is 44.1 Å². The lowest BCUT2D eigenvalue weighted by molar-refractivity contribution is -0.137. The van der Waals surface area contributed by atoms with Gasteiger partial charge in [0.15, 0.2) is 5.11 Å². The van der Waals surface area contributed by atoms with Crippen LogP contribution in [0.3, 0.4) is 0 Å². The first-order valence-corrected chi connectivity index (χ1v) is 10.2. The maximum Gasteiger partial charge on any atom is 0.416 e. The molecular formula is C20H28F3N3S. The Labute approximate surface area is 164 Å². The van der Waals surface area contributed by atoms with E-state index in [0.29, 0.717) is 22.8 Å². The largest absolute Gasteiger partial charge is 0.416 e. The zero-order chi connectivity index (χ0) is 19.4. The second-order valence-electron chi connectivity index (χ2n) is 7.89. The number of nitrogens with zero attached hydrogens (tertiary/aromatic N) is 1. The summed E-state index contributed by atoms with van der Waals surface area (Å²) in [5.74, 6) is 1.30. The first-order valence-electron chi connectivity index (χ1n) is 9.79. The van der Waals surface area contributed by atoms with Crippen molar-refractivity contribution in [3.05, 3.63) is 29.8 Å². The maximum atomic E-state index is 12.8. The Hall–Kier alpha value is -1.34. The number of nitrogens with one attached hydrogen (secondary N) is 2. The fraction of sp³-hybridized carbons (Fsp3) is 0.650. The highest BCUT2D eigenvalue weighted by atomic mass is 32.1. The first-order chi connectivity index (χ1) is 12.8. The molecule has 1 saturated heterocycles. The first kappa shape index (κ1) is 20.4. The summed E-state index contributed by atoms with van der Waals surface area (Å²) in [5.41, 5.74) is -0.324. The molecule has 27 heavy (non-hydrogen) atoms. The van der Waals surface area contributed by atoms with Gasteiger partial charge in [-0.15, -0.1) is 0 Å². The summed E-state index contributed by atoms with van der Waals surface area (Å²) in [5, 5.41) is 6.42. The Morgan fingerprint density at radius 3 is 2.74 bits per heavy atom. The smallest absolute Gasteiger partial charge is 0.362 e. The molecule has 150 valence electrons. The fourth-order valence-electron chi connectivity index (χ4n) is 4.36. The average Bonchev–Trinajstić information content (AvgIpc) is 3.09. The fourth-order valence-corrected chi connectivity index (χ4v) is 4.56. The second kappa shape index (κ2) is 8.78. The van der Waals surface area contributed by atoms with Crippen molar-refractivity contribution in [1.82, 2.24) is 10.2 Å². The Kier molecular flexibility index (Phi) is 6.63.